The number of hydrogen-bond donors (Lipinski definition) is 0. The van der Waals surface area contributed by atoms with E-state index in [1.165, 1.54) is 0 Å². The normalized spacial score (nSPS) is 12.4. The quantitative estimate of drug-likeness (QED) is 0.679. The van der Waals surface area contributed by atoms with Crippen LogP contribution in [0.25, 0.3) is 21.8 Å². The highest BCUT2D eigenvalue weighted by molar-refractivity contribution is 6.05. The zero-order valence-electron chi connectivity index (χ0n) is 12.7. The van der Waals surface area contributed by atoms with Gasteiger partial charge in [0.25, 0.3) is 0 Å². The second-order valence-corrected chi connectivity index (χ2v) is 6.62. The third-order valence-electron chi connectivity index (χ3n) is 3.67. The van der Waals surface area contributed by atoms with Crippen molar-refractivity contribution < 1.29 is 0 Å². The summed E-state index contributed by atoms with van der Waals surface area (Å²) in [5.74, 6) is 0. The fourth-order valence-electron chi connectivity index (χ4n) is 2.65. The summed E-state index contributed by atoms with van der Waals surface area (Å²) in [6.45, 7) is 8.78. The first kappa shape index (κ1) is 13.0. The first-order valence-corrected chi connectivity index (χ1v) is 6.93. The second kappa shape index (κ2) is 4.27. The van der Waals surface area contributed by atoms with Crippen molar-refractivity contribution in [1.29, 1.82) is 0 Å². The maximum Gasteiger partial charge on any atom is 0.116 e. The Bertz CT molecular complexity index is 793. The van der Waals surface area contributed by atoms with Crippen molar-refractivity contribution in [2.75, 3.05) is 0 Å². The van der Waals surface area contributed by atoms with E-state index in [2.05, 4.69) is 54.9 Å². The molecule has 0 saturated heterocycles. The lowest BCUT2D eigenvalue weighted by molar-refractivity contribution is 0.408. The Morgan fingerprint density at radius 1 is 1.15 bits per heavy atom. The molecule has 1 aromatic carbocycles. The number of fused-ring (bicyclic) bond motifs is 3. The Hall–Kier alpha value is -1.97. The van der Waals surface area contributed by atoms with E-state index in [0.717, 1.165) is 39.6 Å². The van der Waals surface area contributed by atoms with Crippen LogP contribution < -0.4 is 0 Å². The number of aromatic nitrogens is 4. The monoisotopic (exact) mass is 268 g/mol. The van der Waals surface area contributed by atoms with Crippen LogP contribution in [0, 0.1) is 12.3 Å². The van der Waals surface area contributed by atoms with Gasteiger partial charge in [0.2, 0.25) is 0 Å². The fourth-order valence-corrected chi connectivity index (χ4v) is 2.65. The number of benzene rings is 1. The van der Waals surface area contributed by atoms with E-state index in [9.17, 15) is 0 Å². The lowest BCUT2D eigenvalue weighted by Crippen LogP contribution is -2.11. The molecule has 0 unspecified atom stereocenters. The van der Waals surface area contributed by atoms with Gasteiger partial charge in [-0.2, -0.15) is 5.10 Å². The predicted octanol–water partition coefficient (Wildman–Crippen LogP) is 3.41. The first-order chi connectivity index (χ1) is 9.37. The van der Waals surface area contributed by atoms with Crippen molar-refractivity contribution in [3.05, 3.63) is 29.8 Å². The summed E-state index contributed by atoms with van der Waals surface area (Å²) in [5.41, 5.74) is 4.49. The Labute approximate surface area is 118 Å². The molecule has 4 nitrogen and oxygen atoms in total. The van der Waals surface area contributed by atoms with Gasteiger partial charge in [-0.15, -0.1) is 0 Å². The van der Waals surface area contributed by atoms with Crippen molar-refractivity contribution in [2.45, 2.75) is 34.1 Å². The van der Waals surface area contributed by atoms with Gasteiger partial charge in [-0.25, -0.2) is 9.97 Å². The summed E-state index contributed by atoms with van der Waals surface area (Å²) in [7, 11) is 1.97. The van der Waals surface area contributed by atoms with E-state index in [1.54, 1.807) is 6.33 Å². The third-order valence-corrected chi connectivity index (χ3v) is 3.67. The summed E-state index contributed by atoms with van der Waals surface area (Å²) < 4.78 is 1.91. The Kier molecular flexibility index (Phi) is 2.78. The van der Waals surface area contributed by atoms with Crippen LogP contribution in [0.5, 0.6) is 0 Å². The molecular formula is C16H20N4. The Morgan fingerprint density at radius 2 is 1.90 bits per heavy atom. The highest BCUT2D eigenvalue weighted by atomic mass is 15.3. The van der Waals surface area contributed by atoms with Crippen LogP contribution in [0.4, 0.5) is 0 Å². The summed E-state index contributed by atoms with van der Waals surface area (Å²) in [4.78, 5) is 9.01. The molecule has 20 heavy (non-hydrogen) atoms. The maximum atomic E-state index is 4.52. The average Bonchev–Trinajstić information content (AvgIpc) is 2.64. The van der Waals surface area contributed by atoms with Crippen LogP contribution in [0.2, 0.25) is 0 Å². The molecule has 0 amide bonds. The topological polar surface area (TPSA) is 43.6 Å². The molecule has 104 valence electrons. The Balaban J connectivity index is 2.34. The molecule has 2 aromatic heterocycles. The van der Waals surface area contributed by atoms with Crippen molar-refractivity contribution >= 4 is 21.8 Å². The highest BCUT2D eigenvalue weighted by Gasteiger charge is 2.17. The molecule has 3 aromatic rings. The van der Waals surface area contributed by atoms with E-state index < -0.39 is 0 Å². The van der Waals surface area contributed by atoms with Crippen molar-refractivity contribution in [1.82, 2.24) is 19.7 Å². The maximum absolute atomic E-state index is 4.52. The van der Waals surface area contributed by atoms with E-state index >= 15 is 0 Å². The molecule has 0 fully saturated rings. The van der Waals surface area contributed by atoms with Crippen LogP contribution in [0.3, 0.4) is 0 Å². The van der Waals surface area contributed by atoms with Crippen molar-refractivity contribution in [2.24, 2.45) is 12.5 Å². The van der Waals surface area contributed by atoms with E-state index in [-0.39, 0.29) is 5.41 Å². The van der Waals surface area contributed by atoms with Gasteiger partial charge in [-0.3, -0.25) is 4.68 Å². The molecule has 3 rings (SSSR count). The summed E-state index contributed by atoms with van der Waals surface area (Å²) in [6, 6.07) is 4.17. The second-order valence-electron chi connectivity index (χ2n) is 6.62. The van der Waals surface area contributed by atoms with Crippen LogP contribution in [0.15, 0.2) is 18.5 Å². The molecule has 0 aliphatic carbocycles. The summed E-state index contributed by atoms with van der Waals surface area (Å²) in [6.07, 6.45) is 2.62. The van der Waals surface area contributed by atoms with Crippen molar-refractivity contribution in [3.63, 3.8) is 0 Å². The lowest BCUT2D eigenvalue weighted by Gasteiger charge is -2.18. The molecule has 2 heterocycles. The summed E-state index contributed by atoms with van der Waals surface area (Å²) in [5, 5.41) is 6.81. The average molecular weight is 268 g/mol. The van der Waals surface area contributed by atoms with Gasteiger partial charge < -0.3 is 0 Å². The summed E-state index contributed by atoms with van der Waals surface area (Å²) >= 11 is 0. The van der Waals surface area contributed by atoms with Crippen LogP contribution >= 0.6 is 0 Å². The van der Waals surface area contributed by atoms with E-state index in [1.807, 2.05) is 11.7 Å². The smallest absolute Gasteiger partial charge is 0.116 e. The zero-order valence-corrected chi connectivity index (χ0v) is 12.7. The molecule has 0 aliphatic heterocycles. The largest absolute Gasteiger partial charge is 0.272 e. The molecule has 0 saturated carbocycles. The molecule has 0 aliphatic rings. The molecule has 0 bridgehead atoms. The standard InChI is InChI=1S/C16H20N4/c1-10-14-12(19-20(10)5)7-6-11-13(8-16(2,3)4)17-9-18-15(11)14/h6-7,9H,8H2,1-5H3. The van der Waals surface area contributed by atoms with Crippen molar-refractivity contribution in [3.8, 4) is 0 Å². The minimum absolute atomic E-state index is 0.209. The lowest BCUT2D eigenvalue weighted by atomic mass is 9.89. The first-order valence-electron chi connectivity index (χ1n) is 6.93. The van der Waals surface area contributed by atoms with Gasteiger partial charge in [0.1, 0.15) is 6.33 Å². The minimum atomic E-state index is 0.209. The molecule has 0 spiro atoms. The molecule has 0 radical (unpaired) electrons. The van der Waals surface area contributed by atoms with Crippen LogP contribution in [-0.4, -0.2) is 19.7 Å². The van der Waals surface area contributed by atoms with Crippen LogP contribution in [-0.2, 0) is 13.5 Å². The Morgan fingerprint density at radius 3 is 2.60 bits per heavy atom. The zero-order chi connectivity index (χ0) is 14.5. The van der Waals surface area contributed by atoms with Gasteiger partial charge in [-0.05, 0) is 30.9 Å². The number of rotatable bonds is 1. The SMILES string of the molecule is Cc1c2c(ccc3c(CC(C)(C)C)ncnc32)nn1C. The minimum Gasteiger partial charge on any atom is -0.272 e. The predicted molar refractivity (Wildman–Crippen MR) is 81.7 cm³/mol. The van der Waals surface area contributed by atoms with Crippen LogP contribution in [0.1, 0.15) is 32.2 Å². The van der Waals surface area contributed by atoms with Gasteiger partial charge in [-0.1, -0.05) is 20.8 Å². The van der Waals surface area contributed by atoms with E-state index in [0.29, 0.717) is 0 Å². The molecular weight excluding hydrogens is 248 g/mol. The van der Waals surface area contributed by atoms with Gasteiger partial charge in [0.15, 0.2) is 0 Å². The van der Waals surface area contributed by atoms with Gasteiger partial charge in [0.05, 0.1) is 16.7 Å². The van der Waals surface area contributed by atoms with Gasteiger partial charge >= 0.3 is 0 Å². The highest BCUT2D eigenvalue weighted by Crippen LogP contribution is 2.29. The number of hydrogen-bond acceptors (Lipinski definition) is 3. The third kappa shape index (κ3) is 2.05. The molecule has 0 atom stereocenters. The number of aryl methyl sites for hydroxylation is 2. The molecule has 0 N–H and O–H groups in total. The fraction of sp³-hybridized carbons (Fsp3) is 0.438. The number of nitrogens with zero attached hydrogens (tertiary/aromatic N) is 4. The van der Waals surface area contributed by atoms with Gasteiger partial charge in [0, 0.05) is 23.5 Å². The molecule has 4 heteroatoms. The van der Waals surface area contributed by atoms with E-state index in [4.69, 9.17) is 0 Å².